The van der Waals surface area contributed by atoms with Crippen molar-refractivity contribution in [1.82, 2.24) is 0 Å². The van der Waals surface area contributed by atoms with Gasteiger partial charge in [0.15, 0.2) is 0 Å². The van der Waals surface area contributed by atoms with Crippen LogP contribution in [0.25, 0.3) is 0 Å². The number of rotatable bonds is 2. The van der Waals surface area contributed by atoms with Crippen molar-refractivity contribution in [1.29, 1.82) is 0 Å². The van der Waals surface area contributed by atoms with E-state index >= 15 is 0 Å². The van der Waals surface area contributed by atoms with E-state index in [0.717, 1.165) is 16.1 Å². The number of aryl methyl sites for hydroxylation is 1. The van der Waals surface area contributed by atoms with Gasteiger partial charge in [-0.05, 0) is 37.1 Å². The average molecular weight is 301 g/mol. The highest BCUT2D eigenvalue weighted by Gasteiger charge is 2.32. The molecular weight excluding hydrogens is 286 g/mol. The van der Waals surface area contributed by atoms with E-state index < -0.39 is 11.9 Å². The molecule has 1 aliphatic heterocycles. The maximum absolute atomic E-state index is 12.7. The van der Waals surface area contributed by atoms with Crippen molar-refractivity contribution >= 4 is 28.9 Å². The number of hydrogen-bond donors (Lipinski definition) is 1. The van der Waals surface area contributed by atoms with Gasteiger partial charge in [-0.3, -0.25) is 9.59 Å². The van der Waals surface area contributed by atoms with Crippen molar-refractivity contribution in [2.45, 2.75) is 13.3 Å². The number of thiophene rings is 1. The van der Waals surface area contributed by atoms with Gasteiger partial charge in [0, 0.05) is 17.1 Å². The van der Waals surface area contributed by atoms with Crippen LogP contribution in [0.15, 0.2) is 36.4 Å². The Labute approximate surface area is 126 Å². The van der Waals surface area contributed by atoms with E-state index in [1.165, 1.54) is 11.3 Å². The van der Waals surface area contributed by atoms with Gasteiger partial charge in [0.1, 0.15) is 0 Å². The molecule has 21 heavy (non-hydrogen) atoms. The van der Waals surface area contributed by atoms with Gasteiger partial charge in [0.2, 0.25) is 0 Å². The predicted molar refractivity (Wildman–Crippen MR) is 82.0 cm³/mol. The lowest BCUT2D eigenvalue weighted by Gasteiger charge is -2.32. The molecule has 0 fully saturated rings. The highest BCUT2D eigenvalue weighted by atomic mass is 32.1. The number of fused-ring (bicyclic) bond motifs is 1. The molecule has 0 saturated heterocycles. The standard InChI is InChI=1S/C16H15NO3S/c1-10-6-7-14(21-10)15(18)17-9-12(16(19)20)8-11-4-2-3-5-13(11)17/h2-7,12H,8-9H2,1H3,(H,19,20). The van der Waals surface area contributed by atoms with E-state index in [-0.39, 0.29) is 12.5 Å². The number of benzene rings is 1. The van der Waals surface area contributed by atoms with Crippen molar-refractivity contribution < 1.29 is 14.7 Å². The zero-order valence-electron chi connectivity index (χ0n) is 11.6. The molecule has 0 spiro atoms. The summed E-state index contributed by atoms with van der Waals surface area (Å²) in [5.74, 6) is -1.53. The molecule has 1 N–H and O–H groups in total. The summed E-state index contributed by atoms with van der Waals surface area (Å²) in [6, 6.07) is 11.2. The maximum Gasteiger partial charge on any atom is 0.308 e. The van der Waals surface area contributed by atoms with Gasteiger partial charge in [-0.1, -0.05) is 18.2 Å². The first-order valence-electron chi connectivity index (χ1n) is 6.75. The molecule has 0 saturated carbocycles. The number of carboxylic acids is 1. The fourth-order valence-electron chi connectivity index (χ4n) is 2.64. The highest BCUT2D eigenvalue weighted by molar-refractivity contribution is 7.14. The van der Waals surface area contributed by atoms with Crippen molar-refractivity contribution in [3.8, 4) is 0 Å². The second kappa shape index (κ2) is 5.33. The number of carbonyl (C=O) groups excluding carboxylic acids is 1. The van der Waals surface area contributed by atoms with E-state index in [2.05, 4.69) is 0 Å². The van der Waals surface area contributed by atoms with Gasteiger partial charge in [-0.25, -0.2) is 0 Å². The summed E-state index contributed by atoms with van der Waals surface area (Å²) in [6.07, 6.45) is 0.471. The molecule has 2 aromatic rings. The molecule has 1 aromatic carbocycles. The van der Waals surface area contributed by atoms with Crippen LogP contribution in [0, 0.1) is 12.8 Å². The van der Waals surface area contributed by atoms with Gasteiger partial charge in [0.05, 0.1) is 10.8 Å². The third-order valence-corrected chi connectivity index (χ3v) is 4.69. The molecule has 1 atom stereocenters. The van der Waals surface area contributed by atoms with E-state index in [1.54, 1.807) is 11.0 Å². The molecule has 1 amide bonds. The molecular formula is C16H15NO3S. The molecule has 1 aromatic heterocycles. The predicted octanol–water partition coefficient (Wildman–Crippen LogP) is 2.96. The zero-order valence-corrected chi connectivity index (χ0v) is 12.4. The van der Waals surface area contributed by atoms with Crippen molar-refractivity contribution in [2.24, 2.45) is 5.92 Å². The average Bonchev–Trinajstić information content (AvgIpc) is 2.92. The van der Waals surface area contributed by atoms with Crippen molar-refractivity contribution in [3.05, 3.63) is 51.7 Å². The molecule has 2 heterocycles. The Hall–Kier alpha value is -2.14. The van der Waals surface area contributed by atoms with Crippen molar-refractivity contribution in [2.75, 3.05) is 11.4 Å². The lowest BCUT2D eigenvalue weighted by Crippen LogP contribution is -2.42. The van der Waals surface area contributed by atoms with E-state index in [1.807, 2.05) is 37.3 Å². The molecule has 0 bridgehead atoms. The first-order valence-corrected chi connectivity index (χ1v) is 7.57. The van der Waals surface area contributed by atoms with Crippen LogP contribution in [-0.2, 0) is 11.2 Å². The number of carbonyl (C=O) groups is 2. The fourth-order valence-corrected chi connectivity index (χ4v) is 3.45. The molecule has 5 heteroatoms. The number of carboxylic acid groups (broad SMARTS) is 1. The fraction of sp³-hybridized carbons (Fsp3) is 0.250. The second-order valence-corrected chi connectivity index (χ2v) is 6.48. The number of para-hydroxylation sites is 1. The molecule has 0 aliphatic carbocycles. The normalized spacial score (nSPS) is 17.4. The summed E-state index contributed by atoms with van der Waals surface area (Å²) >= 11 is 1.44. The summed E-state index contributed by atoms with van der Waals surface area (Å²) in [7, 11) is 0. The lowest BCUT2D eigenvalue weighted by molar-refractivity contribution is -0.141. The SMILES string of the molecule is Cc1ccc(C(=O)N2CC(C(=O)O)Cc3ccccc32)s1. The van der Waals surface area contributed by atoms with Crippen LogP contribution in [0.2, 0.25) is 0 Å². The highest BCUT2D eigenvalue weighted by Crippen LogP contribution is 2.32. The van der Waals surface area contributed by atoms with Crippen LogP contribution >= 0.6 is 11.3 Å². The van der Waals surface area contributed by atoms with Crippen LogP contribution < -0.4 is 4.90 Å². The monoisotopic (exact) mass is 301 g/mol. The third-order valence-electron chi connectivity index (χ3n) is 3.70. The summed E-state index contributed by atoms with van der Waals surface area (Å²) < 4.78 is 0. The summed E-state index contributed by atoms with van der Waals surface area (Å²) in [5.41, 5.74) is 1.74. The largest absolute Gasteiger partial charge is 0.481 e. The summed E-state index contributed by atoms with van der Waals surface area (Å²) in [4.78, 5) is 27.3. The number of nitrogens with zero attached hydrogens (tertiary/aromatic N) is 1. The van der Waals surface area contributed by atoms with Crippen LogP contribution in [0.1, 0.15) is 20.1 Å². The van der Waals surface area contributed by atoms with Gasteiger partial charge in [-0.15, -0.1) is 11.3 Å². The minimum Gasteiger partial charge on any atom is -0.481 e. The summed E-state index contributed by atoms with van der Waals surface area (Å²) in [6.45, 7) is 2.17. The Kier molecular flexibility index (Phi) is 3.51. The quantitative estimate of drug-likeness (QED) is 0.927. The van der Waals surface area contributed by atoms with Gasteiger partial charge < -0.3 is 10.0 Å². The topological polar surface area (TPSA) is 57.6 Å². The molecule has 3 rings (SSSR count). The van der Waals surface area contributed by atoms with Crippen LogP contribution in [-0.4, -0.2) is 23.5 Å². The summed E-state index contributed by atoms with van der Waals surface area (Å²) in [5, 5.41) is 9.30. The minimum atomic E-state index is -0.857. The van der Waals surface area contributed by atoms with E-state index in [9.17, 15) is 14.7 Å². The van der Waals surface area contributed by atoms with Gasteiger partial charge in [-0.2, -0.15) is 0 Å². The Bertz CT molecular complexity index is 707. The number of amides is 1. The van der Waals surface area contributed by atoms with Crippen LogP contribution in [0.3, 0.4) is 0 Å². The second-order valence-electron chi connectivity index (χ2n) is 5.19. The van der Waals surface area contributed by atoms with Gasteiger partial charge >= 0.3 is 5.97 Å². The van der Waals surface area contributed by atoms with Gasteiger partial charge in [0.25, 0.3) is 5.91 Å². The number of anilines is 1. The number of aliphatic carboxylic acids is 1. The minimum absolute atomic E-state index is 0.119. The zero-order chi connectivity index (χ0) is 15.0. The molecule has 0 radical (unpaired) electrons. The van der Waals surface area contributed by atoms with Crippen LogP contribution in [0.4, 0.5) is 5.69 Å². The molecule has 4 nitrogen and oxygen atoms in total. The first-order chi connectivity index (χ1) is 10.1. The molecule has 108 valence electrons. The van der Waals surface area contributed by atoms with Crippen molar-refractivity contribution in [3.63, 3.8) is 0 Å². The maximum atomic E-state index is 12.7. The Balaban J connectivity index is 2.00. The Morgan fingerprint density at radius 2 is 2.00 bits per heavy atom. The Morgan fingerprint density at radius 1 is 1.24 bits per heavy atom. The molecule has 1 aliphatic rings. The van der Waals surface area contributed by atoms with E-state index in [0.29, 0.717) is 11.3 Å². The first kappa shape index (κ1) is 13.8. The third kappa shape index (κ3) is 2.56. The Morgan fingerprint density at radius 3 is 2.67 bits per heavy atom. The lowest BCUT2D eigenvalue weighted by atomic mass is 9.92. The van der Waals surface area contributed by atoms with Crippen LogP contribution in [0.5, 0.6) is 0 Å². The van der Waals surface area contributed by atoms with E-state index in [4.69, 9.17) is 0 Å². The smallest absolute Gasteiger partial charge is 0.308 e. The number of hydrogen-bond acceptors (Lipinski definition) is 3. The molecule has 1 unspecified atom stereocenters.